The van der Waals surface area contributed by atoms with Crippen molar-refractivity contribution in [1.29, 1.82) is 5.26 Å². The zero-order valence-electron chi connectivity index (χ0n) is 17.3. The number of carbonyl (C=O) groups is 1. The molecule has 0 aliphatic rings. The molecule has 0 saturated carbocycles. The summed E-state index contributed by atoms with van der Waals surface area (Å²) in [4.78, 5) is 12.5. The van der Waals surface area contributed by atoms with E-state index in [4.69, 9.17) is 27.9 Å². The maximum atomic E-state index is 13.6. The van der Waals surface area contributed by atoms with Crippen LogP contribution >= 0.6 is 23.2 Å². The largest absolute Gasteiger partial charge is 0.435 e. The maximum Gasteiger partial charge on any atom is 0.435 e. The molecule has 0 amide bonds. The topological polar surface area (TPSA) is 67.9 Å². The highest BCUT2D eigenvalue weighted by Crippen LogP contribution is 2.40. The van der Waals surface area contributed by atoms with E-state index in [-0.39, 0.29) is 12.0 Å². The summed E-state index contributed by atoms with van der Waals surface area (Å²) in [6.07, 6.45) is -4.57. The smallest absolute Gasteiger partial charge is 0.424 e. The van der Waals surface area contributed by atoms with E-state index in [9.17, 15) is 23.2 Å². The Balaban J connectivity index is 2.63. The van der Waals surface area contributed by atoms with Crippen LogP contribution in [0, 0.1) is 16.7 Å². The van der Waals surface area contributed by atoms with Crippen LogP contribution in [-0.4, -0.2) is 15.7 Å². The first kappa shape index (κ1) is 24.8. The van der Waals surface area contributed by atoms with Crippen molar-refractivity contribution in [1.82, 2.24) is 9.78 Å². The SMILES string of the molecule is Cn1nc(C(F)(F)F)c(/C(OC(=O)C(C)(C)C)=C(\C#N)CCc2ccc(Cl)cc2)c1Cl. The second-order valence-electron chi connectivity index (χ2n) is 7.82. The highest BCUT2D eigenvalue weighted by Gasteiger charge is 2.42. The summed E-state index contributed by atoms with van der Waals surface area (Å²) in [5.41, 5.74) is -2.37. The molecule has 0 radical (unpaired) electrons. The van der Waals surface area contributed by atoms with Crippen molar-refractivity contribution in [3.05, 3.63) is 56.8 Å². The van der Waals surface area contributed by atoms with E-state index in [0.717, 1.165) is 10.2 Å². The summed E-state index contributed by atoms with van der Waals surface area (Å²) >= 11 is 12.0. The number of hydrogen-bond donors (Lipinski definition) is 0. The molecule has 2 rings (SSSR count). The quantitative estimate of drug-likeness (QED) is 0.294. The molecule has 166 valence electrons. The van der Waals surface area contributed by atoms with Crippen molar-refractivity contribution in [2.45, 2.75) is 39.8 Å². The van der Waals surface area contributed by atoms with Crippen LogP contribution in [0.3, 0.4) is 0 Å². The maximum absolute atomic E-state index is 13.6. The predicted molar refractivity (Wildman–Crippen MR) is 111 cm³/mol. The molecular weight excluding hydrogens is 454 g/mol. The number of halogens is 5. The number of carbonyl (C=O) groups excluding carboxylic acids is 1. The van der Waals surface area contributed by atoms with Crippen LogP contribution in [0.15, 0.2) is 29.8 Å². The first-order valence-corrected chi connectivity index (χ1v) is 9.91. The summed E-state index contributed by atoms with van der Waals surface area (Å²) in [6, 6.07) is 8.65. The molecule has 1 heterocycles. The van der Waals surface area contributed by atoms with Crippen LogP contribution < -0.4 is 0 Å². The minimum Gasteiger partial charge on any atom is -0.424 e. The Morgan fingerprint density at radius 1 is 1.19 bits per heavy atom. The number of rotatable bonds is 5. The molecule has 0 fully saturated rings. The van der Waals surface area contributed by atoms with Crippen molar-refractivity contribution < 1.29 is 22.7 Å². The standard InChI is InChI=1S/C21H20Cl2F3N3O2/c1-20(2,3)19(30)31-16(15-17(21(24,25)26)28-29(4)18(15)23)13(11-27)8-5-12-6-9-14(22)10-7-12/h6-7,9-10H,5,8H2,1-4H3/b16-13+. The van der Waals surface area contributed by atoms with Gasteiger partial charge in [0.1, 0.15) is 5.15 Å². The van der Waals surface area contributed by atoms with E-state index < -0.39 is 39.7 Å². The van der Waals surface area contributed by atoms with Gasteiger partial charge in [0.25, 0.3) is 0 Å². The fourth-order valence-corrected chi connectivity index (χ4v) is 2.89. The van der Waals surface area contributed by atoms with E-state index in [0.29, 0.717) is 11.4 Å². The molecule has 5 nitrogen and oxygen atoms in total. The number of nitriles is 1. The second-order valence-corrected chi connectivity index (χ2v) is 8.62. The van der Waals surface area contributed by atoms with Gasteiger partial charge in [-0.1, -0.05) is 35.3 Å². The van der Waals surface area contributed by atoms with Crippen LogP contribution in [0.25, 0.3) is 5.76 Å². The van der Waals surface area contributed by atoms with Crippen LogP contribution in [0.4, 0.5) is 13.2 Å². The predicted octanol–water partition coefficient (Wildman–Crippen LogP) is 6.20. The number of aromatic nitrogens is 2. The van der Waals surface area contributed by atoms with Crippen LogP contribution in [0.2, 0.25) is 10.2 Å². The molecule has 10 heteroatoms. The summed E-state index contributed by atoms with van der Waals surface area (Å²) < 4.78 is 47.1. The van der Waals surface area contributed by atoms with Crippen molar-refractivity contribution in [2.75, 3.05) is 0 Å². The van der Waals surface area contributed by atoms with Gasteiger partial charge < -0.3 is 4.74 Å². The van der Waals surface area contributed by atoms with E-state index >= 15 is 0 Å². The van der Waals surface area contributed by atoms with Gasteiger partial charge in [-0.3, -0.25) is 9.48 Å². The first-order valence-electron chi connectivity index (χ1n) is 9.15. The molecule has 1 aromatic carbocycles. The Kier molecular flexibility index (Phi) is 7.45. The molecule has 0 N–H and O–H groups in total. The van der Waals surface area contributed by atoms with Gasteiger partial charge in [0.2, 0.25) is 0 Å². The molecule has 2 aromatic rings. The third-order valence-corrected chi connectivity index (χ3v) is 4.95. The van der Waals surface area contributed by atoms with Gasteiger partial charge >= 0.3 is 12.1 Å². The monoisotopic (exact) mass is 473 g/mol. The zero-order valence-corrected chi connectivity index (χ0v) is 18.8. The molecule has 0 saturated heterocycles. The highest BCUT2D eigenvalue weighted by atomic mass is 35.5. The lowest BCUT2D eigenvalue weighted by atomic mass is 9.97. The van der Waals surface area contributed by atoms with Gasteiger partial charge in [0.05, 0.1) is 22.6 Å². The summed E-state index contributed by atoms with van der Waals surface area (Å²) in [5.74, 6) is -1.35. The molecule has 0 aliphatic carbocycles. The fraction of sp³-hybridized carbons (Fsp3) is 0.381. The molecule has 0 aliphatic heterocycles. The Hall–Kier alpha value is -2.50. The van der Waals surface area contributed by atoms with Crippen LogP contribution in [0.1, 0.15) is 44.0 Å². The normalized spacial score (nSPS) is 12.9. The van der Waals surface area contributed by atoms with E-state index in [2.05, 4.69) is 5.10 Å². The van der Waals surface area contributed by atoms with E-state index in [1.807, 2.05) is 6.07 Å². The Labute approximate surface area is 188 Å². The number of aryl methyl sites for hydroxylation is 2. The number of alkyl halides is 3. The number of esters is 1. The summed E-state index contributed by atoms with van der Waals surface area (Å²) in [6.45, 7) is 4.63. The molecule has 0 atom stereocenters. The van der Waals surface area contributed by atoms with Gasteiger partial charge in [-0.15, -0.1) is 0 Å². The van der Waals surface area contributed by atoms with Crippen molar-refractivity contribution in [3.8, 4) is 6.07 Å². The first-order chi connectivity index (χ1) is 14.3. The van der Waals surface area contributed by atoms with Crippen molar-refractivity contribution in [2.24, 2.45) is 12.5 Å². The molecular formula is C21H20Cl2F3N3O2. The lowest BCUT2D eigenvalue weighted by molar-refractivity contribution is -0.147. The average Bonchev–Trinajstić information content (AvgIpc) is 2.96. The fourth-order valence-electron chi connectivity index (χ4n) is 2.55. The summed E-state index contributed by atoms with van der Waals surface area (Å²) in [5, 5.41) is 13.3. The molecule has 31 heavy (non-hydrogen) atoms. The Bertz CT molecular complexity index is 1040. The van der Waals surface area contributed by atoms with Crippen LogP contribution in [-0.2, 0) is 29.2 Å². The Morgan fingerprint density at radius 2 is 1.77 bits per heavy atom. The summed E-state index contributed by atoms with van der Waals surface area (Å²) in [7, 11) is 1.23. The van der Waals surface area contributed by atoms with Gasteiger partial charge in [-0.2, -0.15) is 23.5 Å². The number of hydrogen-bond acceptors (Lipinski definition) is 4. The number of benzene rings is 1. The highest BCUT2D eigenvalue weighted by molar-refractivity contribution is 6.31. The van der Waals surface area contributed by atoms with E-state index in [1.165, 1.54) is 7.05 Å². The molecule has 1 aromatic heterocycles. The average molecular weight is 474 g/mol. The third-order valence-electron chi connectivity index (χ3n) is 4.27. The minimum absolute atomic E-state index is 0.00735. The number of allylic oxidation sites excluding steroid dienone is 1. The van der Waals surface area contributed by atoms with Gasteiger partial charge in [0, 0.05) is 12.1 Å². The molecule has 0 spiro atoms. The lowest BCUT2D eigenvalue weighted by Crippen LogP contribution is -2.23. The minimum atomic E-state index is -4.88. The van der Waals surface area contributed by atoms with Crippen molar-refractivity contribution >= 4 is 34.9 Å². The third kappa shape index (κ3) is 6.02. The van der Waals surface area contributed by atoms with Gasteiger partial charge in [-0.05, 0) is 51.3 Å². The molecule has 0 unspecified atom stereocenters. The van der Waals surface area contributed by atoms with E-state index in [1.54, 1.807) is 45.0 Å². The second kappa shape index (κ2) is 9.33. The Morgan fingerprint density at radius 3 is 2.26 bits per heavy atom. The van der Waals surface area contributed by atoms with Crippen molar-refractivity contribution in [3.63, 3.8) is 0 Å². The van der Waals surface area contributed by atoms with Gasteiger partial charge in [0.15, 0.2) is 11.5 Å². The van der Waals surface area contributed by atoms with Gasteiger partial charge in [-0.25, -0.2) is 0 Å². The van der Waals surface area contributed by atoms with Crippen LogP contribution in [0.5, 0.6) is 0 Å². The number of nitrogens with zero attached hydrogens (tertiary/aromatic N) is 3. The molecule has 0 bridgehead atoms. The zero-order chi connectivity index (χ0) is 23.6. The lowest BCUT2D eigenvalue weighted by Gasteiger charge is -2.20. The number of ether oxygens (including phenoxy) is 1.